The summed E-state index contributed by atoms with van der Waals surface area (Å²) in [6.45, 7) is 0. The quantitative estimate of drug-likeness (QED) is 0.833. The van der Waals surface area contributed by atoms with Crippen molar-refractivity contribution in [2.45, 2.75) is 51.0 Å². The van der Waals surface area contributed by atoms with E-state index in [1.807, 2.05) is 6.07 Å². The average Bonchev–Trinajstić information content (AvgIpc) is 2.46. The second kappa shape index (κ2) is 5.72. The van der Waals surface area contributed by atoms with Gasteiger partial charge in [0.25, 0.3) is 0 Å². The molecule has 1 aromatic heterocycles. The zero-order valence-electron chi connectivity index (χ0n) is 11.4. The van der Waals surface area contributed by atoms with Crippen LogP contribution in [0.3, 0.4) is 0 Å². The van der Waals surface area contributed by atoms with Crippen LogP contribution in [0.2, 0.25) is 0 Å². The number of nitrogens with zero attached hydrogens (tertiary/aromatic N) is 2. The highest BCUT2D eigenvalue weighted by atomic mass is 79.9. The van der Waals surface area contributed by atoms with E-state index in [0.29, 0.717) is 5.92 Å². The Morgan fingerprint density at radius 1 is 1.30 bits per heavy atom. The molecule has 1 fully saturated rings. The molecule has 1 aliphatic carbocycles. The summed E-state index contributed by atoms with van der Waals surface area (Å²) in [4.78, 5) is 17.7. The lowest BCUT2D eigenvalue weighted by molar-refractivity contribution is 0.188. The number of hydrogen-bond donors (Lipinski definition) is 1. The second-order valence-electron chi connectivity index (χ2n) is 5.78. The van der Waals surface area contributed by atoms with Crippen LogP contribution in [0, 0.1) is 5.92 Å². The number of carbonyl (C=O) groups is 1. The Balaban J connectivity index is 1.94. The zero-order valence-corrected chi connectivity index (χ0v) is 13.0. The van der Waals surface area contributed by atoms with Crippen molar-refractivity contribution in [1.29, 1.82) is 0 Å². The van der Waals surface area contributed by atoms with E-state index in [1.54, 1.807) is 11.1 Å². The molecule has 2 aliphatic rings. The van der Waals surface area contributed by atoms with Gasteiger partial charge in [0.05, 0.1) is 11.4 Å². The minimum Gasteiger partial charge on any atom is -0.465 e. The summed E-state index contributed by atoms with van der Waals surface area (Å²) < 4.78 is 0.840. The third kappa shape index (κ3) is 2.55. The van der Waals surface area contributed by atoms with Gasteiger partial charge in [-0.1, -0.05) is 19.3 Å². The number of amides is 1. The van der Waals surface area contributed by atoms with Crippen LogP contribution in [0.25, 0.3) is 0 Å². The number of fused-ring (bicyclic) bond motifs is 1. The molecule has 20 heavy (non-hydrogen) atoms. The Hall–Kier alpha value is -1.10. The number of pyridine rings is 1. The third-order valence-electron chi connectivity index (χ3n) is 4.58. The normalized spacial score (nSPS) is 23.4. The van der Waals surface area contributed by atoms with E-state index in [9.17, 15) is 9.90 Å². The number of hydrogen-bond acceptors (Lipinski definition) is 2. The minimum atomic E-state index is -0.846. The first-order valence-corrected chi connectivity index (χ1v) is 8.12. The van der Waals surface area contributed by atoms with E-state index in [1.165, 1.54) is 19.3 Å². The van der Waals surface area contributed by atoms with E-state index in [-0.39, 0.29) is 6.04 Å². The lowest BCUT2D eigenvalue weighted by Crippen LogP contribution is -2.47. The summed E-state index contributed by atoms with van der Waals surface area (Å²) in [5.41, 5.74) is 1.68. The largest absolute Gasteiger partial charge is 0.465 e. The van der Waals surface area contributed by atoms with Gasteiger partial charge >= 0.3 is 6.09 Å². The first kappa shape index (κ1) is 13.9. The van der Waals surface area contributed by atoms with Gasteiger partial charge in [-0.25, -0.2) is 4.79 Å². The Morgan fingerprint density at radius 3 is 2.75 bits per heavy atom. The van der Waals surface area contributed by atoms with Crippen LogP contribution < -0.4 is 4.90 Å². The molecule has 108 valence electrons. The van der Waals surface area contributed by atoms with Crippen LogP contribution in [0.5, 0.6) is 0 Å². The molecule has 1 saturated carbocycles. The van der Waals surface area contributed by atoms with Gasteiger partial charge in [0.1, 0.15) is 0 Å². The number of carboxylic acid groups (broad SMARTS) is 1. The van der Waals surface area contributed by atoms with Crippen molar-refractivity contribution in [3.05, 3.63) is 22.4 Å². The van der Waals surface area contributed by atoms with Gasteiger partial charge in [0, 0.05) is 16.7 Å². The molecule has 3 rings (SSSR count). The van der Waals surface area contributed by atoms with E-state index >= 15 is 0 Å². The predicted molar refractivity (Wildman–Crippen MR) is 81.1 cm³/mol. The number of rotatable bonds is 1. The van der Waals surface area contributed by atoms with Crippen LogP contribution in [-0.2, 0) is 6.42 Å². The fraction of sp³-hybridized carbons (Fsp3) is 0.600. The summed E-state index contributed by atoms with van der Waals surface area (Å²) in [5, 5.41) is 9.66. The summed E-state index contributed by atoms with van der Waals surface area (Å²) in [6.07, 6.45) is 8.76. The molecule has 5 heteroatoms. The molecular formula is C15H19BrN2O2. The maximum Gasteiger partial charge on any atom is 0.412 e. The molecule has 0 saturated heterocycles. The van der Waals surface area contributed by atoms with Gasteiger partial charge in [-0.05, 0) is 53.6 Å². The van der Waals surface area contributed by atoms with Crippen LogP contribution in [0.4, 0.5) is 10.5 Å². The Bertz CT molecular complexity index is 515. The third-order valence-corrected chi connectivity index (χ3v) is 5.02. The predicted octanol–water partition coefficient (Wildman–Crippen LogP) is 4.22. The van der Waals surface area contributed by atoms with Gasteiger partial charge in [-0.15, -0.1) is 0 Å². The standard InChI is InChI=1S/C15H19BrN2O2/c16-11-8-14-12(17-9-11)6-7-13(18(14)15(19)20)10-4-2-1-3-5-10/h8-10,13H,1-7H2,(H,19,20). The number of aryl methyl sites for hydroxylation is 1. The molecule has 1 aliphatic heterocycles. The topological polar surface area (TPSA) is 53.4 Å². The fourth-order valence-corrected chi connectivity index (χ4v) is 3.98. The zero-order chi connectivity index (χ0) is 14.1. The first-order chi connectivity index (χ1) is 9.66. The van der Waals surface area contributed by atoms with Crippen molar-refractivity contribution in [1.82, 2.24) is 4.98 Å². The van der Waals surface area contributed by atoms with Gasteiger partial charge in [0.15, 0.2) is 0 Å². The van der Waals surface area contributed by atoms with Crippen molar-refractivity contribution < 1.29 is 9.90 Å². The molecule has 0 spiro atoms. The molecule has 1 aromatic rings. The average molecular weight is 339 g/mol. The van der Waals surface area contributed by atoms with Crippen molar-refractivity contribution in [2.75, 3.05) is 4.90 Å². The summed E-state index contributed by atoms with van der Waals surface area (Å²) in [7, 11) is 0. The molecule has 0 radical (unpaired) electrons. The summed E-state index contributed by atoms with van der Waals surface area (Å²) in [5.74, 6) is 0.506. The highest BCUT2D eigenvalue weighted by Crippen LogP contribution is 2.38. The molecule has 1 amide bonds. The molecule has 0 aromatic carbocycles. The first-order valence-electron chi connectivity index (χ1n) is 7.33. The van der Waals surface area contributed by atoms with Gasteiger partial charge in [0.2, 0.25) is 0 Å². The van der Waals surface area contributed by atoms with Crippen molar-refractivity contribution in [3.63, 3.8) is 0 Å². The van der Waals surface area contributed by atoms with Crippen molar-refractivity contribution >= 4 is 27.7 Å². The Labute approximate surface area is 127 Å². The molecule has 2 heterocycles. The molecule has 0 bridgehead atoms. The summed E-state index contributed by atoms with van der Waals surface area (Å²) >= 11 is 3.40. The van der Waals surface area contributed by atoms with Crippen LogP contribution >= 0.6 is 15.9 Å². The molecule has 1 unspecified atom stereocenters. The minimum absolute atomic E-state index is 0.122. The van der Waals surface area contributed by atoms with E-state index in [0.717, 1.165) is 41.5 Å². The van der Waals surface area contributed by atoms with E-state index < -0.39 is 6.09 Å². The van der Waals surface area contributed by atoms with Gasteiger partial charge < -0.3 is 5.11 Å². The molecule has 1 N–H and O–H groups in total. The van der Waals surface area contributed by atoms with E-state index in [2.05, 4.69) is 20.9 Å². The molecule has 1 atom stereocenters. The number of halogens is 1. The van der Waals surface area contributed by atoms with Gasteiger partial charge in [-0.2, -0.15) is 0 Å². The highest BCUT2D eigenvalue weighted by Gasteiger charge is 2.37. The van der Waals surface area contributed by atoms with Crippen molar-refractivity contribution in [2.24, 2.45) is 5.92 Å². The smallest absolute Gasteiger partial charge is 0.412 e. The number of anilines is 1. The lowest BCUT2D eigenvalue weighted by Gasteiger charge is -2.40. The van der Waals surface area contributed by atoms with Crippen molar-refractivity contribution in [3.8, 4) is 0 Å². The van der Waals surface area contributed by atoms with Gasteiger partial charge in [-0.3, -0.25) is 9.88 Å². The Morgan fingerprint density at radius 2 is 2.05 bits per heavy atom. The highest BCUT2D eigenvalue weighted by molar-refractivity contribution is 9.10. The lowest BCUT2D eigenvalue weighted by atomic mass is 9.80. The number of aromatic nitrogens is 1. The summed E-state index contributed by atoms with van der Waals surface area (Å²) in [6, 6.07) is 2.02. The van der Waals surface area contributed by atoms with Crippen LogP contribution in [0.1, 0.15) is 44.2 Å². The molecular weight excluding hydrogens is 320 g/mol. The second-order valence-corrected chi connectivity index (χ2v) is 6.69. The Kier molecular flexibility index (Phi) is 3.96. The maximum atomic E-state index is 11.8. The molecule has 4 nitrogen and oxygen atoms in total. The van der Waals surface area contributed by atoms with Crippen LogP contribution in [0.15, 0.2) is 16.7 Å². The monoisotopic (exact) mass is 338 g/mol. The van der Waals surface area contributed by atoms with Crippen LogP contribution in [-0.4, -0.2) is 22.2 Å². The van der Waals surface area contributed by atoms with E-state index in [4.69, 9.17) is 0 Å². The maximum absolute atomic E-state index is 11.8. The fourth-order valence-electron chi connectivity index (χ4n) is 3.66. The SMILES string of the molecule is O=C(O)N1c2cc(Br)cnc2CCC1C1CCCCC1.